The maximum absolute atomic E-state index is 11.8. The zero-order valence-corrected chi connectivity index (χ0v) is 15.8. The molecule has 0 saturated heterocycles. The molecule has 3 rings (SSSR count). The number of furan rings is 1. The lowest BCUT2D eigenvalue weighted by molar-refractivity contribution is -0.123. The third-order valence-corrected chi connectivity index (χ3v) is 4.26. The molecule has 138 valence electrons. The largest absolute Gasteiger partial charge is 0.484 e. The quantitative estimate of drug-likeness (QED) is 0.494. The minimum absolute atomic E-state index is 0.119. The molecule has 1 N–H and O–H groups in total. The zero-order chi connectivity index (χ0) is 19.2. The standard InChI is InChI=1S/C21H19ClN2O3/c1-14-3-7-17(8-4-14)26-13-21(25)24-23-12-18-9-10-20(27-18)16-6-5-15(2)19(22)11-16/h3-12H,13H2,1-2H3,(H,24,25)/b23-12-. The van der Waals surface area contributed by atoms with E-state index in [0.717, 1.165) is 16.7 Å². The first-order valence-electron chi connectivity index (χ1n) is 8.39. The molecule has 3 aromatic rings. The van der Waals surface area contributed by atoms with Gasteiger partial charge in [-0.05, 0) is 49.7 Å². The number of hydrogen-bond acceptors (Lipinski definition) is 4. The number of ether oxygens (including phenoxy) is 1. The summed E-state index contributed by atoms with van der Waals surface area (Å²) in [5, 5.41) is 4.56. The lowest BCUT2D eigenvalue weighted by Crippen LogP contribution is -2.24. The van der Waals surface area contributed by atoms with Crippen LogP contribution in [0, 0.1) is 13.8 Å². The summed E-state index contributed by atoms with van der Waals surface area (Å²) in [6.07, 6.45) is 1.43. The Hall–Kier alpha value is -3.05. The maximum Gasteiger partial charge on any atom is 0.277 e. The molecule has 1 aromatic heterocycles. The highest BCUT2D eigenvalue weighted by Gasteiger charge is 2.06. The van der Waals surface area contributed by atoms with Crippen LogP contribution in [0.25, 0.3) is 11.3 Å². The monoisotopic (exact) mass is 382 g/mol. The highest BCUT2D eigenvalue weighted by atomic mass is 35.5. The van der Waals surface area contributed by atoms with Gasteiger partial charge in [-0.25, -0.2) is 5.43 Å². The summed E-state index contributed by atoms with van der Waals surface area (Å²) in [6, 6.07) is 16.8. The Morgan fingerprint density at radius 1 is 1.15 bits per heavy atom. The first-order chi connectivity index (χ1) is 13.0. The highest BCUT2D eigenvalue weighted by Crippen LogP contribution is 2.26. The van der Waals surface area contributed by atoms with Crippen LogP contribution in [-0.4, -0.2) is 18.7 Å². The van der Waals surface area contributed by atoms with E-state index in [1.54, 1.807) is 6.07 Å². The van der Waals surface area contributed by atoms with Gasteiger partial charge in [0.15, 0.2) is 6.61 Å². The number of amides is 1. The molecule has 27 heavy (non-hydrogen) atoms. The van der Waals surface area contributed by atoms with E-state index in [1.807, 2.05) is 62.4 Å². The molecule has 6 heteroatoms. The number of rotatable bonds is 6. The fraction of sp³-hybridized carbons (Fsp3) is 0.143. The zero-order valence-electron chi connectivity index (χ0n) is 15.0. The van der Waals surface area contributed by atoms with Crippen molar-refractivity contribution in [1.82, 2.24) is 5.43 Å². The SMILES string of the molecule is Cc1ccc(OCC(=O)N/N=C\c2ccc(-c3ccc(C)c(Cl)c3)o2)cc1. The molecule has 0 fully saturated rings. The van der Waals surface area contributed by atoms with Gasteiger partial charge in [-0.1, -0.05) is 41.4 Å². The number of carbonyl (C=O) groups excluding carboxylic acids is 1. The highest BCUT2D eigenvalue weighted by molar-refractivity contribution is 6.31. The van der Waals surface area contributed by atoms with Crippen molar-refractivity contribution >= 4 is 23.7 Å². The molecule has 0 unspecified atom stereocenters. The van der Waals surface area contributed by atoms with Crippen LogP contribution in [0.3, 0.4) is 0 Å². The number of aryl methyl sites for hydroxylation is 2. The van der Waals surface area contributed by atoms with E-state index >= 15 is 0 Å². The van der Waals surface area contributed by atoms with Crippen molar-refractivity contribution in [3.63, 3.8) is 0 Å². The topological polar surface area (TPSA) is 63.8 Å². The number of nitrogens with zero attached hydrogens (tertiary/aromatic N) is 1. The van der Waals surface area contributed by atoms with Crippen molar-refractivity contribution in [1.29, 1.82) is 0 Å². The second kappa shape index (κ2) is 8.56. The fourth-order valence-electron chi connectivity index (χ4n) is 2.31. The van der Waals surface area contributed by atoms with E-state index in [-0.39, 0.29) is 12.5 Å². The van der Waals surface area contributed by atoms with Gasteiger partial charge in [0.2, 0.25) is 0 Å². The smallest absolute Gasteiger partial charge is 0.277 e. The lowest BCUT2D eigenvalue weighted by atomic mass is 10.1. The molecular formula is C21H19ClN2O3. The molecular weight excluding hydrogens is 364 g/mol. The second-order valence-corrected chi connectivity index (χ2v) is 6.47. The average Bonchev–Trinajstić information content (AvgIpc) is 3.12. The van der Waals surface area contributed by atoms with Crippen molar-refractivity contribution < 1.29 is 13.9 Å². The Balaban J connectivity index is 1.52. The first-order valence-corrected chi connectivity index (χ1v) is 8.77. The molecule has 0 radical (unpaired) electrons. The van der Waals surface area contributed by atoms with Crippen LogP contribution >= 0.6 is 11.6 Å². The maximum atomic E-state index is 11.8. The molecule has 5 nitrogen and oxygen atoms in total. The summed E-state index contributed by atoms with van der Waals surface area (Å²) >= 11 is 6.14. The van der Waals surface area contributed by atoms with Crippen LogP contribution in [0.1, 0.15) is 16.9 Å². The van der Waals surface area contributed by atoms with Crippen molar-refractivity contribution in [2.75, 3.05) is 6.61 Å². The van der Waals surface area contributed by atoms with Crippen LogP contribution in [0.5, 0.6) is 5.75 Å². The number of hydrogen-bond donors (Lipinski definition) is 1. The summed E-state index contributed by atoms with van der Waals surface area (Å²) in [5.74, 6) is 1.46. The average molecular weight is 383 g/mol. The Bertz CT molecular complexity index is 962. The predicted octanol–water partition coefficient (Wildman–Crippen LogP) is 4.75. The van der Waals surface area contributed by atoms with Gasteiger partial charge in [0.05, 0.1) is 6.21 Å². The summed E-state index contributed by atoms with van der Waals surface area (Å²) in [6.45, 7) is 3.81. The van der Waals surface area contributed by atoms with E-state index in [1.165, 1.54) is 6.21 Å². The molecule has 1 heterocycles. The Kier molecular flexibility index (Phi) is 5.94. The van der Waals surface area contributed by atoms with Gasteiger partial charge in [0.1, 0.15) is 17.3 Å². The van der Waals surface area contributed by atoms with Crippen molar-refractivity contribution in [2.45, 2.75) is 13.8 Å². The molecule has 0 bridgehead atoms. The molecule has 0 atom stereocenters. The van der Waals surface area contributed by atoms with Gasteiger partial charge in [-0.2, -0.15) is 5.10 Å². The normalized spacial score (nSPS) is 10.9. The fourth-order valence-corrected chi connectivity index (χ4v) is 2.49. The molecule has 0 aliphatic heterocycles. The van der Waals surface area contributed by atoms with Gasteiger partial charge in [0.25, 0.3) is 5.91 Å². The first kappa shape index (κ1) is 18.7. The van der Waals surface area contributed by atoms with Gasteiger partial charge >= 0.3 is 0 Å². The summed E-state index contributed by atoms with van der Waals surface area (Å²) in [5.41, 5.74) is 5.41. The van der Waals surface area contributed by atoms with Crippen LogP contribution in [0.4, 0.5) is 0 Å². The molecule has 0 saturated carbocycles. The molecule has 0 aliphatic carbocycles. The number of benzene rings is 2. The predicted molar refractivity (Wildman–Crippen MR) is 106 cm³/mol. The number of carbonyl (C=O) groups is 1. The van der Waals surface area contributed by atoms with Gasteiger partial charge in [-0.15, -0.1) is 0 Å². The second-order valence-electron chi connectivity index (χ2n) is 6.06. The van der Waals surface area contributed by atoms with E-state index in [4.69, 9.17) is 20.8 Å². The molecule has 0 aliphatic rings. The number of hydrazone groups is 1. The molecule has 0 spiro atoms. The lowest BCUT2D eigenvalue weighted by Gasteiger charge is -2.04. The summed E-state index contributed by atoms with van der Waals surface area (Å²) in [4.78, 5) is 11.8. The third kappa shape index (κ3) is 5.21. The van der Waals surface area contributed by atoms with Crippen LogP contribution < -0.4 is 10.2 Å². The van der Waals surface area contributed by atoms with Crippen LogP contribution in [0.2, 0.25) is 5.02 Å². The summed E-state index contributed by atoms with van der Waals surface area (Å²) < 4.78 is 11.1. The van der Waals surface area contributed by atoms with Crippen molar-refractivity contribution in [3.8, 4) is 17.1 Å². The molecule has 2 aromatic carbocycles. The minimum Gasteiger partial charge on any atom is -0.484 e. The Morgan fingerprint density at radius 3 is 2.67 bits per heavy atom. The minimum atomic E-state index is -0.357. The Labute approximate surface area is 162 Å². The van der Waals surface area contributed by atoms with Gasteiger partial charge in [0, 0.05) is 10.6 Å². The van der Waals surface area contributed by atoms with Crippen molar-refractivity contribution in [2.24, 2.45) is 5.10 Å². The summed E-state index contributed by atoms with van der Waals surface area (Å²) in [7, 11) is 0. The van der Waals surface area contributed by atoms with E-state index in [0.29, 0.717) is 22.3 Å². The van der Waals surface area contributed by atoms with Crippen molar-refractivity contribution in [3.05, 3.63) is 76.5 Å². The van der Waals surface area contributed by atoms with Gasteiger partial charge < -0.3 is 9.15 Å². The number of halogens is 1. The van der Waals surface area contributed by atoms with Crippen LogP contribution in [0.15, 0.2) is 64.1 Å². The molecule has 1 amide bonds. The van der Waals surface area contributed by atoms with E-state index in [2.05, 4.69) is 10.5 Å². The van der Waals surface area contributed by atoms with E-state index < -0.39 is 0 Å². The van der Waals surface area contributed by atoms with Crippen LogP contribution in [-0.2, 0) is 4.79 Å². The van der Waals surface area contributed by atoms with E-state index in [9.17, 15) is 4.79 Å². The third-order valence-electron chi connectivity index (χ3n) is 3.86. The number of nitrogens with one attached hydrogen (secondary N) is 1. The Morgan fingerprint density at radius 2 is 1.93 bits per heavy atom. The van der Waals surface area contributed by atoms with Gasteiger partial charge in [-0.3, -0.25) is 4.79 Å².